The number of hydrogen-bond donors (Lipinski definition) is 1. The highest BCUT2D eigenvalue weighted by Crippen LogP contribution is 2.32. The van der Waals surface area contributed by atoms with Gasteiger partial charge in [-0.25, -0.2) is 0 Å². The van der Waals surface area contributed by atoms with Crippen molar-refractivity contribution in [3.8, 4) is 0 Å². The minimum atomic E-state index is 0.802. The number of ether oxygens (including phenoxy) is 1. The number of rotatable bonds is 0. The quantitative estimate of drug-likeness (QED) is 0.774. The fourth-order valence-corrected chi connectivity index (χ4v) is 2.89. The second-order valence-electron chi connectivity index (χ2n) is 4.22. The van der Waals surface area contributed by atoms with E-state index < -0.39 is 0 Å². The molecular weight excluding hydrogens is 242 g/mol. The molecule has 2 aromatic carbocycles. The van der Waals surface area contributed by atoms with E-state index >= 15 is 0 Å². The molecule has 92 valence electrons. The zero-order valence-corrected chi connectivity index (χ0v) is 10.9. The van der Waals surface area contributed by atoms with E-state index in [0.717, 1.165) is 19.1 Å². The van der Waals surface area contributed by atoms with Crippen molar-refractivity contribution in [3.63, 3.8) is 0 Å². The zero-order chi connectivity index (χ0) is 12.2. The Kier molecular flexibility index (Phi) is 3.53. The summed E-state index contributed by atoms with van der Waals surface area (Å²) in [6.45, 7) is 1.60. The molecule has 2 aliphatic heterocycles. The van der Waals surface area contributed by atoms with Crippen LogP contribution in [0.3, 0.4) is 0 Å². The molecule has 0 spiro atoms. The number of hydrogen-bond acceptors (Lipinski definition) is 3. The van der Waals surface area contributed by atoms with E-state index in [1.165, 1.54) is 21.7 Å². The fraction of sp³-hybridized carbons (Fsp3) is 0.200. The first-order valence-corrected chi connectivity index (χ1v) is 7.02. The van der Waals surface area contributed by atoms with Crippen molar-refractivity contribution in [1.82, 2.24) is 0 Å². The third kappa shape index (κ3) is 2.52. The van der Waals surface area contributed by atoms with Crippen molar-refractivity contribution < 1.29 is 4.74 Å². The molecule has 0 unspecified atom stereocenters. The van der Waals surface area contributed by atoms with Crippen LogP contribution in [-0.2, 0) is 18.0 Å². The Labute approximate surface area is 111 Å². The molecule has 2 nitrogen and oxygen atoms in total. The smallest absolute Gasteiger partial charge is 0.0724 e. The molecule has 0 aliphatic carbocycles. The summed E-state index contributed by atoms with van der Waals surface area (Å²) < 4.78 is 5.21. The Balaban J connectivity index is 0.000000111. The van der Waals surface area contributed by atoms with Crippen LogP contribution in [0.2, 0.25) is 0 Å². The minimum absolute atomic E-state index is 0.802. The van der Waals surface area contributed by atoms with Crippen molar-refractivity contribution in [1.29, 1.82) is 0 Å². The first-order valence-electron chi connectivity index (χ1n) is 6.04. The standard InChI is InChI=1S/C8H8O.C7H7NS/c1-2-4-8-6-9-5-7(8)3-1;1-2-4-7-6(3-1)8-5-9-7/h1-4H,5-6H2;1-4,8H,5H2. The summed E-state index contributed by atoms with van der Waals surface area (Å²) in [7, 11) is 0. The lowest BCUT2D eigenvalue weighted by molar-refractivity contribution is 0.134. The molecule has 2 aliphatic rings. The molecule has 0 saturated carbocycles. The normalized spacial score (nSPS) is 15.1. The number of anilines is 1. The summed E-state index contributed by atoms with van der Waals surface area (Å²) in [5.74, 6) is 1.03. The summed E-state index contributed by atoms with van der Waals surface area (Å²) in [5, 5.41) is 3.26. The van der Waals surface area contributed by atoms with Gasteiger partial charge in [-0.3, -0.25) is 0 Å². The second kappa shape index (κ2) is 5.46. The van der Waals surface area contributed by atoms with E-state index in [2.05, 4.69) is 41.7 Å². The molecule has 2 aromatic rings. The fourth-order valence-electron chi connectivity index (χ4n) is 2.04. The van der Waals surface area contributed by atoms with Gasteiger partial charge in [0.1, 0.15) is 0 Å². The third-order valence-corrected chi connectivity index (χ3v) is 3.97. The van der Waals surface area contributed by atoms with Crippen LogP contribution in [0.15, 0.2) is 53.4 Å². The summed E-state index contributed by atoms with van der Waals surface area (Å²) >= 11 is 1.86. The van der Waals surface area contributed by atoms with Gasteiger partial charge >= 0.3 is 0 Å². The van der Waals surface area contributed by atoms with Gasteiger partial charge in [0.25, 0.3) is 0 Å². The van der Waals surface area contributed by atoms with Crippen molar-refractivity contribution in [2.75, 3.05) is 11.2 Å². The predicted molar refractivity (Wildman–Crippen MR) is 75.7 cm³/mol. The van der Waals surface area contributed by atoms with Gasteiger partial charge in [0.15, 0.2) is 0 Å². The average Bonchev–Trinajstić information content (AvgIpc) is 3.08. The third-order valence-electron chi connectivity index (χ3n) is 3.01. The minimum Gasteiger partial charge on any atom is -0.375 e. The van der Waals surface area contributed by atoms with Gasteiger partial charge in [-0.1, -0.05) is 36.4 Å². The van der Waals surface area contributed by atoms with Gasteiger partial charge in [0, 0.05) is 10.6 Å². The topological polar surface area (TPSA) is 21.3 Å². The van der Waals surface area contributed by atoms with Gasteiger partial charge in [-0.15, -0.1) is 11.8 Å². The summed E-state index contributed by atoms with van der Waals surface area (Å²) in [6.07, 6.45) is 0. The number of thioether (sulfide) groups is 1. The number of benzene rings is 2. The predicted octanol–water partition coefficient (Wildman–Crippen LogP) is 3.88. The van der Waals surface area contributed by atoms with Crippen LogP contribution < -0.4 is 5.32 Å². The van der Waals surface area contributed by atoms with Crippen LogP contribution in [0.25, 0.3) is 0 Å². The van der Waals surface area contributed by atoms with Crippen LogP contribution in [0.5, 0.6) is 0 Å². The Bertz CT molecular complexity index is 446. The highest BCUT2D eigenvalue weighted by atomic mass is 32.2. The van der Waals surface area contributed by atoms with Crippen LogP contribution >= 0.6 is 11.8 Å². The lowest BCUT2D eigenvalue weighted by Crippen LogP contribution is -1.86. The maximum absolute atomic E-state index is 5.21. The largest absolute Gasteiger partial charge is 0.375 e. The molecule has 0 saturated heterocycles. The van der Waals surface area contributed by atoms with Gasteiger partial charge in [-0.2, -0.15) is 0 Å². The Morgan fingerprint density at radius 1 is 0.889 bits per heavy atom. The average molecular weight is 257 g/mol. The molecule has 3 heteroatoms. The van der Waals surface area contributed by atoms with E-state index in [1.807, 2.05) is 23.9 Å². The van der Waals surface area contributed by atoms with E-state index in [-0.39, 0.29) is 0 Å². The van der Waals surface area contributed by atoms with Crippen molar-refractivity contribution >= 4 is 17.4 Å². The van der Waals surface area contributed by atoms with E-state index in [1.54, 1.807) is 0 Å². The highest BCUT2D eigenvalue weighted by molar-refractivity contribution is 7.99. The summed E-state index contributed by atoms with van der Waals surface area (Å²) in [5.41, 5.74) is 3.97. The highest BCUT2D eigenvalue weighted by Gasteiger charge is 2.07. The molecule has 0 amide bonds. The van der Waals surface area contributed by atoms with E-state index in [4.69, 9.17) is 4.74 Å². The Morgan fingerprint density at radius 3 is 2.28 bits per heavy atom. The van der Waals surface area contributed by atoms with Crippen molar-refractivity contribution in [2.24, 2.45) is 0 Å². The van der Waals surface area contributed by atoms with E-state index in [9.17, 15) is 0 Å². The number of nitrogens with one attached hydrogen (secondary N) is 1. The zero-order valence-electron chi connectivity index (χ0n) is 10.1. The van der Waals surface area contributed by atoms with Crippen LogP contribution in [-0.4, -0.2) is 5.88 Å². The second-order valence-corrected chi connectivity index (χ2v) is 5.24. The molecule has 0 atom stereocenters. The Hall–Kier alpha value is -1.45. The molecule has 0 fully saturated rings. The molecular formula is C15H15NOS. The van der Waals surface area contributed by atoms with Crippen LogP contribution in [0, 0.1) is 0 Å². The maximum Gasteiger partial charge on any atom is 0.0724 e. The van der Waals surface area contributed by atoms with Crippen LogP contribution in [0.4, 0.5) is 5.69 Å². The van der Waals surface area contributed by atoms with Crippen molar-refractivity contribution in [3.05, 3.63) is 59.7 Å². The SMILES string of the molecule is c1ccc2c(c1)COC2.c1ccc2c(c1)NCS2. The molecule has 4 rings (SSSR count). The first kappa shape index (κ1) is 11.6. The molecule has 0 aromatic heterocycles. The lowest BCUT2D eigenvalue weighted by atomic mass is 10.1. The van der Waals surface area contributed by atoms with Crippen LogP contribution in [0.1, 0.15) is 11.1 Å². The lowest BCUT2D eigenvalue weighted by Gasteiger charge is -1.92. The first-order chi connectivity index (χ1) is 8.93. The summed E-state index contributed by atoms with van der Waals surface area (Å²) in [4.78, 5) is 1.37. The Morgan fingerprint density at radius 2 is 1.56 bits per heavy atom. The van der Waals surface area contributed by atoms with Crippen molar-refractivity contribution in [2.45, 2.75) is 18.1 Å². The van der Waals surface area contributed by atoms with Gasteiger partial charge in [0.2, 0.25) is 0 Å². The maximum atomic E-state index is 5.21. The number of para-hydroxylation sites is 1. The molecule has 18 heavy (non-hydrogen) atoms. The van der Waals surface area contributed by atoms with Gasteiger partial charge in [-0.05, 0) is 23.3 Å². The summed E-state index contributed by atoms with van der Waals surface area (Å²) in [6, 6.07) is 16.7. The molecule has 0 radical (unpaired) electrons. The molecule has 2 heterocycles. The van der Waals surface area contributed by atoms with Gasteiger partial charge in [0.05, 0.1) is 19.1 Å². The monoisotopic (exact) mass is 257 g/mol. The number of fused-ring (bicyclic) bond motifs is 2. The van der Waals surface area contributed by atoms with Gasteiger partial charge < -0.3 is 10.1 Å². The molecule has 1 N–H and O–H groups in total. The molecule has 0 bridgehead atoms. The van der Waals surface area contributed by atoms with E-state index in [0.29, 0.717) is 0 Å².